The number of ether oxygens (including phenoxy) is 1. The van der Waals surface area contributed by atoms with Crippen LogP contribution in [-0.4, -0.2) is 63.9 Å². The summed E-state index contributed by atoms with van der Waals surface area (Å²) >= 11 is 0. The summed E-state index contributed by atoms with van der Waals surface area (Å²) in [4.78, 5) is 37.2. The first kappa shape index (κ1) is 21.9. The molecule has 2 aromatic heterocycles. The first-order valence-electron chi connectivity index (χ1n) is 10.9. The molecule has 2 saturated heterocycles. The zero-order valence-electron chi connectivity index (χ0n) is 18.3. The van der Waals surface area contributed by atoms with Gasteiger partial charge < -0.3 is 14.5 Å². The molecule has 8 nitrogen and oxygen atoms in total. The average Bonchev–Trinajstić information content (AvgIpc) is 3.29. The maximum atomic E-state index is 14.0. The van der Waals surface area contributed by atoms with Crippen molar-refractivity contribution in [3.63, 3.8) is 0 Å². The fraction of sp³-hybridized carbons (Fsp3) is 0.545. The first-order valence-corrected chi connectivity index (χ1v) is 10.9. The van der Waals surface area contributed by atoms with Crippen molar-refractivity contribution in [3.8, 4) is 0 Å². The van der Waals surface area contributed by atoms with Crippen molar-refractivity contribution in [3.05, 3.63) is 46.0 Å². The van der Waals surface area contributed by atoms with Crippen molar-refractivity contribution in [1.82, 2.24) is 14.5 Å². The molecule has 0 aliphatic carbocycles. The maximum absolute atomic E-state index is 14.0. The predicted octanol–water partition coefficient (Wildman–Crippen LogP) is 2.34. The zero-order chi connectivity index (χ0) is 23.5. The summed E-state index contributed by atoms with van der Waals surface area (Å²) < 4.78 is 48.9. The third-order valence-corrected chi connectivity index (χ3v) is 6.80. The number of hydrogen-bond acceptors (Lipinski definition) is 7. The molecule has 3 aliphatic rings. The number of alkyl halides is 3. The molecule has 176 valence electrons. The van der Waals surface area contributed by atoms with Gasteiger partial charge in [-0.3, -0.25) is 19.1 Å². The molecule has 5 rings (SSSR count). The molecule has 3 aliphatic heterocycles. The third kappa shape index (κ3) is 3.77. The van der Waals surface area contributed by atoms with Gasteiger partial charge in [0.1, 0.15) is 11.9 Å². The Kier molecular flexibility index (Phi) is 5.00. The number of Topliss-reactive ketones (excluding diaryl/α,β-unsaturated/α-hetero) is 1. The Morgan fingerprint density at radius 3 is 2.79 bits per heavy atom. The lowest BCUT2D eigenvalue weighted by atomic mass is 10.0. The average molecular weight is 463 g/mol. The Hall–Kier alpha value is -2.95. The molecule has 0 saturated carbocycles. The summed E-state index contributed by atoms with van der Waals surface area (Å²) in [7, 11) is 0. The number of aryl methyl sites for hydroxylation is 1. The van der Waals surface area contributed by atoms with Crippen molar-refractivity contribution < 1.29 is 22.7 Å². The minimum absolute atomic E-state index is 0.0140. The Morgan fingerprint density at radius 1 is 1.36 bits per heavy atom. The van der Waals surface area contributed by atoms with Gasteiger partial charge in [0.2, 0.25) is 5.95 Å². The zero-order valence-corrected chi connectivity index (χ0v) is 18.3. The second kappa shape index (κ2) is 7.54. The van der Waals surface area contributed by atoms with Crippen LogP contribution in [0.15, 0.2) is 29.3 Å². The number of carbonyl (C=O) groups is 1. The molecule has 11 heteroatoms. The molecule has 0 spiro atoms. The number of anilines is 2. The number of morpholine rings is 1. The molecule has 1 unspecified atom stereocenters. The Morgan fingerprint density at radius 2 is 2.15 bits per heavy atom. The van der Waals surface area contributed by atoms with Crippen molar-refractivity contribution in [1.29, 1.82) is 0 Å². The van der Waals surface area contributed by atoms with Gasteiger partial charge in [0.05, 0.1) is 24.8 Å². The topological polar surface area (TPSA) is 80.6 Å². The molecule has 2 fully saturated rings. The van der Waals surface area contributed by atoms with Gasteiger partial charge in [-0.25, -0.2) is 0 Å². The van der Waals surface area contributed by atoms with Gasteiger partial charge in [0.25, 0.3) is 5.56 Å². The standard InChI is InChI=1S/C22H24F3N5O3/c1-13-3-5-26-9-15(13)16(31)10-29-17(22(23,24)25)4-6-28-19(32)7-18(27-20(28)29)30-12-21(2)8-14(30)11-33-21/h3,5,7,9,14,17H,4,6,8,10-12H2,1-2H3/t14?,17-,21-/m0/s1. The number of aromatic nitrogens is 3. The monoisotopic (exact) mass is 463 g/mol. The van der Waals surface area contributed by atoms with Crippen LogP contribution in [0.25, 0.3) is 0 Å². The molecular weight excluding hydrogens is 439 g/mol. The normalized spacial score (nSPS) is 26.6. The Balaban J connectivity index is 1.55. The second-order valence-corrected chi connectivity index (χ2v) is 9.24. The second-order valence-electron chi connectivity index (χ2n) is 9.24. The van der Waals surface area contributed by atoms with Gasteiger partial charge in [0, 0.05) is 43.5 Å². The predicted molar refractivity (Wildman–Crippen MR) is 114 cm³/mol. The number of nitrogens with zero attached hydrogens (tertiary/aromatic N) is 5. The van der Waals surface area contributed by atoms with Gasteiger partial charge in [-0.1, -0.05) is 0 Å². The van der Waals surface area contributed by atoms with Crippen LogP contribution in [0.1, 0.15) is 35.7 Å². The van der Waals surface area contributed by atoms with Crippen LogP contribution in [0.3, 0.4) is 0 Å². The number of rotatable bonds is 4. The van der Waals surface area contributed by atoms with Crippen LogP contribution < -0.4 is 15.4 Å². The van der Waals surface area contributed by atoms with Crippen LogP contribution in [-0.2, 0) is 11.3 Å². The van der Waals surface area contributed by atoms with Crippen LogP contribution >= 0.6 is 0 Å². The highest BCUT2D eigenvalue weighted by Gasteiger charge is 2.50. The van der Waals surface area contributed by atoms with Crippen LogP contribution in [0.2, 0.25) is 0 Å². The van der Waals surface area contributed by atoms with Crippen molar-refractivity contribution in [2.75, 3.05) is 29.5 Å². The van der Waals surface area contributed by atoms with Crippen LogP contribution in [0.5, 0.6) is 0 Å². The van der Waals surface area contributed by atoms with Gasteiger partial charge in [-0.05, 0) is 31.9 Å². The van der Waals surface area contributed by atoms with E-state index in [1.165, 1.54) is 23.0 Å². The minimum Gasteiger partial charge on any atom is -0.371 e. The maximum Gasteiger partial charge on any atom is 0.408 e. The molecule has 3 atom stereocenters. The fourth-order valence-corrected chi connectivity index (χ4v) is 5.10. The van der Waals surface area contributed by atoms with Gasteiger partial charge in [-0.15, -0.1) is 0 Å². The summed E-state index contributed by atoms with van der Waals surface area (Å²) in [5.41, 5.74) is 0.0759. The summed E-state index contributed by atoms with van der Waals surface area (Å²) in [6, 6.07) is 1.09. The van der Waals surface area contributed by atoms with E-state index in [2.05, 4.69) is 9.97 Å². The van der Waals surface area contributed by atoms with E-state index < -0.39 is 30.1 Å². The van der Waals surface area contributed by atoms with Gasteiger partial charge >= 0.3 is 6.18 Å². The van der Waals surface area contributed by atoms with Crippen molar-refractivity contribution in [2.45, 2.75) is 57.1 Å². The highest BCUT2D eigenvalue weighted by atomic mass is 19.4. The first-order chi connectivity index (χ1) is 15.6. The fourth-order valence-electron chi connectivity index (χ4n) is 5.10. The van der Waals surface area contributed by atoms with E-state index in [0.29, 0.717) is 24.5 Å². The van der Waals surface area contributed by atoms with Crippen LogP contribution in [0, 0.1) is 6.92 Å². The molecule has 2 bridgehead atoms. The highest BCUT2D eigenvalue weighted by molar-refractivity contribution is 6.00. The molecule has 5 heterocycles. The molecule has 0 radical (unpaired) electrons. The third-order valence-electron chi connectivity index (χ3n) is 6.80. The Bertz CT molecular complexity index is 1170. The van der Waals surface area contributed by atoms with Crippen molar-refractivity contribution in [2.24, 2.45) is 0 Å². The molecule has 33 heavy (non-hydrogen) atoms. The lowest BCUT2D eigenvalue weighted by Gasteiger charge is -2.39. The lowest BCUT2D eigenvalue weighted by molar-refractivity contribution is -0.152. The van der Waals surface area contributed by atoms with E-state index in [1.54, 1.807) is 13.0 Å². The van der Waals surface area contributed by atoms with Crippen molar-refractivity contribution >= 4 is 17.5 Å². The Labute approximate surface area is 188 Å². The molecule has 0 N–H and O–H groups in total. The van der Waals surface area contributed by atoms with Gasteiger partial charge in [-0.2, -0.15) is 18.2 Å². The summed E-state index contributed by atoms with van der Waals surface area (Å²) in [5.74, 6) is -0.319. The summed E-state index contributed by atoms with van der Waals surface area (Å²) in [6.45, 7) is 3.98. The minimum atomic E-state index is -4.59. The largest absolute Gasteiger partial charge is 0.408 e. The summed E-state index contributed by atoms with van der Waals surface area (Å²) in [5, 5.41) is 0. The van der Waals surface area contributed by atoms with E-state index in [9.17, 15) is 22.8 Å². The smallest absolute Gasteiger partial charge is 0.371 e. The number of hydrogen-bond donors (Lipinski definition) is 0. The SMILES string of the molecule is Cc1ccncc1C(=O)CN1c2nc(N3C[C@]4(C)CC3CO4)cc(=O)n2CC[C@H]1C(F)(F)F. The summed E-state index contributed by atoms with van der Waals surface area (Å²) in [6.07, 6.45) is -1.29. The molecule has 0 amide bonds. The molecular formula is C22H24F3N5O3. The van der Waals surface area contributed by atoms with E-state index in [1.807, 2.05) is 11.8 Å². The number of pyridine rings is 1. The highest BCUT2D eigenvalue weighted by Crippen LogP contribution is 2.40. The molecule has 0 aromatic carbocycles. The van der Waals surface area contributed by atoms with Crippen LogP contribution in [0.4, 0.5) is 24.9 Å². The van der Waals surface area contributed by atoms with Gasteiger partial charge in [0.15, 0.2) is 5.78 Å². The lowest BCUT2D eigenvalue weighted by Crippen LogP contribution is -2.54. The molecule has 2 aromatic rings. The number of carbonyl (C=O) groups excluding carboxylic acids is 1. The van der Waals surface area contributed by atoms with E-state index in [-0.39, 0.29) is 36.1 Å². The number of fused-ring (bicyclic) bond motifs is 3. The number of ketones is 1. The van der Waals surface area contributed by atoms with E-state index in [0.717, 1.165) is 11.3 Å². The van der Waals surface area contributed by atoms with E-state index in [4.69, 9.17) is 4.74 Å². The van der Waals surface area contributed by atoms with E-state index >= 15 is 0 Å². The number of halogens is 3. The quantitative estimate of drug-likeness (QED) is 0.644.